The van der Waals surface area contributed by atoms with Crippen LogP contribution in [0.5, 0.6) is 11.5 Å². The second-order valence-corrected chi connectivity index (χ2v) is 4.94. The van der Waals surface area contributed by atoms with E-state index in [1.54, 1.807) is 25.3 Å². The Labute approximate surface area is 139 Å². The third-order valence-corrected chi connectivity index (χ3v) is 3.95. The molecule has 1 aromatic rings. The highest BCUT2D eigenvalue weighted by Crippen LogP contribution is 2.32. The summed E-state index contributed by atoms with van der Waals surface area (Å²) in [5, 5.41) is 2.93. The molecule has 3 N–H and O–H groups in total. The van der Waals surface area contributed by atoms with Crippen LogP contribution in [0.3, 0.4) is 0 Å². The molecule has 0 unspecified atom stereocenters. The summed E-state index contributed by atoms with van der Waals surface area (Å²) in [7, 11) is 1.58. The second kappa shape index (κ2) is 9.54. The molecule has 0 heterocycles. The molecule has 0 bridgehead atoms. The number of carbonyl (C=O) groups is 1. The van der Waals surface area contributed by atoms with Gasteiger partial charge in [0.1, 0.15) is 0 Å². The van der Waals surface area contributed by atoms with Crippen molar-refractivity contribution in [3.63, 3.8) is 0 Å². The standard InChI is InChI=1S/C16H26N2O3.ClH/c1-5-16(6-2,11-17)15(19)18-12-8-9-13(21-7-3)14(10-12)20-4;/h8-10H,5-7,11,17H2,1-4H3,(H,18,19);1H. The van der Waals surface area contributed by atoms with E-state index in [9.17, 15) is 4.79 Å². The molecular weight excluding hydrogens is 304 g/mol. The Balaban J connectivity index is 0.00000441. The van der Waals surface area contributed by atoms with Crippen molar-refractivity contribution in [2.45, 2.75) is 33.6 Å². The van der Waals surface area contributed by atoms with Gasteiger partial charge in [-0.25, -0.2) is 0 Å². The maximum Gasteiger partial charge on any atom is 0.231 e. The number of methoxy groups -OCH3 is 1. The van der Waals surface area contributed by atoms with Crippen LogP contribution in [0.15, 0.2) is 18.2 Å². The highest BCUT2D eigenvalue weighted by molar-refractivity contribution is 5.95. The quantitative estimate of drug-likeness (QED) is 0.767. The summed E-state index contributed by atoms with van der Waals surface area (Å²) < 4.78 is 10.7. The van der Waals surface area contributed by atoms with E-state index < -0.39 is 5.41 Å². The van der Waals surface area contributed by atoms with Crippen LogP contribution in [0, 0.1) is 5.41 Å². The smallest absolute Gasteiger partial charge is 0.231 e. The molecular formula is C16H27ClN2O3. The summed E-state index contributed by atoms with van der Waals surface area (Å²) in [4.78, 5) is 12.5. The van der Waals surface area contributed by atoms with E-state index in [1.807, 2.05) is 20.8 Å². The van der Waals surface area contributed by atoms with Crippen LogP contribution >= 0.6 is 12.4 Å². The van der Waals surface area contributed by atoms with E-state index in [0.29, 0.717) is 43.2 Å². The van der Waals surface area contributed by atoms with Crippen molar-refractivity contribution in [2.24, 2.45) is 11.1 Å². The zero-order chi connectivity index (χ0) is 15.9. The van der Waals surface area contributed by atoms with Crippen molar-refractivity contribution in [3.8, 4) is 11.5 Å². The zero-order valence-corrected chi connectivity index (χ0v) is 14.6. The predicted molar refractivity (Wildman–Crippen MR) is 92.1 cm³/mol. The number of nitrogens with two attached hydrogens (primary N) is 1. The lowest BCUT2D eigenvalue weighted by Gasteiger charge is -2.28. The van der Waals surface area contributed by atoms with Crippen LogP contribution in [0.25, 0.3) is 0 Å². The van der Waals surface area contributed by atoms with E-state index in [0.717, 1.165) is 0 Å². The first-order valence-corrected chi connectivity index (χ1v) is 7.39. The summed E-state index contributed by atoms with van der Waals surface area (Å²) in [6, 6.07) is 5.35. The van der Waals surface area contributed by atoms with Crippen LogP contribution in [0.1, 0.15) is 33.6 Å². The normalized spacial score (nSPS) is 10.6. The molecule has 1 amide bonds. The third kappa shape index (κ3) is 4.52. The number of carbonyl (C=O) groups excluding carboxylic acids is 1. The highest BCUT2D eigenvalue weighted by Gasteiger charge is 2.33. The third-order valence-electron chi connectivity index (χ3n) is 3.95. The molecule has 0 saturated carbocycles. The van der Waals surface area contributed by atoms with Gasteiger partial charge in [0, 0.05) is 18.3 Å². The number of benzene rings is 1. The van der Waals surface area contributed by atoms with E-state index in [2.05, 4.69) is 5.32 Å². The molecule has 1 rings (SSSR count). The van der Waals surface area contributed by atoms with Crippen molar-refractivity contribution >= 4 is 24.0 Å². The fourth-order valence-corrected chi connectivity index (χ4v) is 2.24. The molecule has 0 aliphatic carbocycles. The largest absolute Gasteiger partial charge is 0.493 e. The molecule has 0 atom stereocenters. The maximum atomic E-state index is 12.5. The predicted octanol–water partition coefficient (Wildman–Crippen LogP) is 3.22. The summed E-state index contributed by atoms with van der Waals surface area (Å²) in [6.07, 6.45) is 1.42. The Morgan fingerprint density at radius 1 is 1.23 bits per heavy atom. The minimum absolute atomic E-state index is 0. The summed E-state index contributed by atoms with van der Waals surface area (Å²) in [5.74, 6) is 1.20. The van der Waals surface area contributed by atoms with E-state index in [4.69, 9.17) is 15.2 Å². The first-order valence-electron chi connectivity index (χ1n) is 7.39. The Bertz CT molecular complexity index is 468. The lowest BCUT2D eigenvalue weighted by molar-refractivity contribution is -0.125. The monoisotopic (exact) mass is 330 g/mol. The fraction of sp³-hybridized carbons (Fsp3) is 0.562. The Kier molecular flexibility index (Phi) is 8.90. The molecule has 0 saturated heterocycles. The molecule has 0 aromatic heterocycles. The Morgan fingerprint density at radius 3 is 2.32 bits per heavy atom. The van der Waals surface area contributed by atoms with E-state index in [1.165, 1.54) is 0 Å². The van der Waals surface area contributed by atoms with Gasteiger partial charge in [-0.1, -0.05) is 13.8 Å². The molecule has 0 spiro atoms. The number of nitrogens with one attached hydrogen (secondary N) is 1. The molecule has 5 nitrogen and oxygen atoms in total. The highest BCUT2D eigenvalue weighted by atomic mass is 35.5. The van der Waals surface area contributed by atoms with E-state index >= 15 is 0 Å². The van der Waals surface area contributed by atoms with Gasteiger partial charge in [-0.05, 0) is 31.9 Å². The molecule has 0 fully saturated rings. The van der Waals surface area contributed by atoms with Crippen LogP contribution in [0.4, 0.5) is 5.69 Å². The van der Waals surface area contributed by atoms with Crippen molar-refractivity contribution in [3.05, 3.63) is 18.2 Å². The average Bonchev–Trinajstić information content (AvgIpc) is 2.51. The van der Waals surface area contributed by atoms with Gasteiger partial charge in [0.15, 0.2) is 11.5 Å². The summed E-state index contributed by atoms with van der Waals surface area (Å²) in [6.45, 7) is 6.76. The number of hydrogen-bond donors (Lipinski definition) is 2. The van der Waals surface area contributed by atoms with Crippen LogP contribution in [-0.4, -0.2) is 26.2 Å². The van der Waals surface area contributed by atoms with Crippen LogP contribution < -0.4 is 20.5 Å². The van der Waals surface area contributed by atoms with Crippen LogP contribution in [-0.2, 0) is 4.79 Å². The van der Waals surface area contributed by atoms with Gasteiger partial charge in [0.05, 0.1) is 19.1 Å². The number of hydrogen-bond acceptors (Lipinski definition) is 4. The molecule has 0 aliphatic rings. The number of halogens is 1. The molecule has 6 heteroatoms. The van der Waals surface area contributed by atoms with Gasteiger partial charge in [0.25, 0.3) is 0 Å². The van der Waals surface area contributed by atoms with Gasteiger partial charge < -0.3 is 20.5 Å². The molecule has 1 aromatic carbocycles. The van der Waals surface area contributed by atoms with Crippen molar-refractivity contribution in [1.29, 1.82) is 0 Å². The molecule has 22 heavy (non-hydrogen) atoms. The number of ether oxygens (including phenoxy) is 2. The Hall–Kier alpha value is -1.46. The summed E-state index contributed by atoms with van der Waals surface area (Å²) >= 11 is 0. The van der Waals surface area contributed by atoms with E-state index in [-0.39, 0.29) is 18.3 Å². The van der Waals surface area contributed by atoms with Crippen molar-refractivity contribution < 1.29 is 14.3 Å². The minimum atomic E-state index is -0.522. The van der Waals surface area contributed by atoms with Crippen molar-refractivity contribution in [2.75, 3.05) is 25.6 Å². The molecule has 0 aliphatic heterocycles. The fourth-order valence-electron chi connectivity index (χ4n) is 2.24. The van der Waals surface area contributed by atoms with Gasteiger partial charge in [0.2, 0.25) is 5.91 Å². The van der Waals surface area contributed by atoms with Gasteiger partial charge >= 0.3 is 0 Å². The zero-order valence-electron chi connectivity index (χ0n) is 13.8. The average molecular weight is 331 g/mol. The number of anilines is 1. The molecule has 0 radical (unpaired) electrons. The lowest BCUT2D eigenvalue weighted by atomic mass is 9.81. The SMILES string of the molecule is CCOc1ccc(NC(=O)C(CC)(CC)CN)cc1OC.Cl. The van der Waals surface area contributed by atoms with Gasteiger partial charge in [-0.15, -0.1) is 12.4 Å². The molecule has 126 valence electrons. The second-order valence-electron chi connectivity index (χ2n) is 4.94. The lowest BCUT2D eigenvalue weighted by Crippen LogP contribution is -2.41. The van der Waals surface area contributed by atoms with Gasteiger partial charge in [-0.3, -0.25) is 4.79 Å². The first kappa shape index (κ1) is 20.5. The summed E-state index contributed by atoms with van der Waals surface area (Å²) in [5.41, 5.74) is 5.96. The van der Waals surface area contributed by atoms with Crippen molar-refractivity contribution in [1.82, 2.24) is 0 Å². The first-order chi connectivity index (χ1) is 10.1. The van der Waals surface area contributed by atoms with Gasteiger partial charge in [-0.2, -0.15) is 0 Å². The topological polar surface area (TPSA) is 73.6 Å². The Morgan fingerprint density at radius 2 is 1.86 bits per heavy atom. The number of rotatable bonds is 8. The number of amides is 1. The minimum Gasteiger partial charge on any atom is -0.493 e. The van der Waals surface area contributed by atoms with Crippen LogP contribution in [0.2, 0.25) is 0 Å². The maximum absolute atomic E-state index is 12.5.